The minimum absolute atomic E-state index is 0.154. The number of rotatable bonds is 3. The van der Waals surface area contributed by atoms with Gasteiger partial charge < -0.3 is 4.42 Å². The van der Waals surface area contributed by atoms with Crippen LogP contribution in [0.25, 0.3) is 11.5 Å². The third-order valence-corrected chi connectivity index (χ3v) is 3.15. The van der Waals surface area contributed by atoms with E-state index in [1.807, 2.05) is 0 Å². The summed E-state index contributed by atoms with van der Waals surface area (Å²) in [6, 6.07) is 3.54. The zero-order chi connectivity index (χ0) is 17.6. The van der Waals surface area contributed by atoms with E-state index >= 15 is 0 Å². The summed E-state index contributed by atoms with van der Waals surface area (Å²) >= 11 is 11.3. The standard InChI is InChI=1S/C11H3Cl2F7N2O/c12-4-1-2-5(6(13)3-4)7-21-22-8(23-7)9(14,15)10(16,17)11(18,19)20/h1-3H. The maximum Gasteiger partial charge on any atom is 0.460 e. The van der Waals surface area contributed by atoms with E-state index < -0.39 is 29.8 Å². The Hall–Kier alpha value is -1.55. The fourth-order valence-corrected chi connectivity index (χ4v) is 1.92. The molecule has 1 heterocycles. The van der Waals surface area contributed by atoms with Crippen LogP contribution in [0.3, 0.4) is 0 Å². The average Bonchev–Trinajstić information content (AvgIpc) is 2.87. The number of benzene rings is 1. The first-order valence-corrected chi connectivity index (χ1v) is 6.25. The molecule has 0 saturated heterocycles. The van der Waals surface area contributed by atoms with E-state index in [1.165, 1.54) is 6.07 Å². The Labute approximate surface area is 133 Å². The molecule has 0 atom stereocenters. The van der Waals surface area contributed by atoms with E-state index in [1.54, 1.807) is 0 Å². The van der Waals surface area contributed by atoms with E-state index in [4.69, 9.17) is 23.2 Å². The Morgan fingerprint density at radius 1 is 0.913 bits per heavy atom. The number of aromatic nitrogens is 2. The number of nitrogens with zero attached hydrogens (tertiary/aromatic N) is 2. The van der Waals surface area contributed by atoms with Crippen molar-refractivity contribution in [2.45, 2.75) is 18.0 Å². The molecular formula is C11H3Cl2F7N2O. The lowest BCUT2D eigenvalue weighted by Crippen LogP contribution is -2.50. The van der Waals surface area contributed by atoms with Gasteiger partial charge in [0.05, 0.1) is 10.6 Å². The first kappa shape index (κ1) is 17.8. The van der Waals surface area contributed by atoms with Gasteiger partial charge in [0.15, 0.2) is 0 Å². The van der Waals surface area contributed by atoms with Crippen LogP contribution in [0.5, 0.6) is 0 Å². The monoisotopic (exact) mass is 382 g/mol. The molecule has 0 aliphatic carbocycles. The van der Waals surface area contributed by atoms with Gasteiger partial charge in [0.1, 0.15) is 0 Å². The summed E-state index contributed by atoms with van der Waals surface area (Å²) in [5.41, 5.74) is -0.166. The molecular weight excluding hydrogens is 380 g/mol. The Morgan fingerprint density at radius 3 is 2.04 bits per heavy atom. The average molecular weight is 383 g/mol. The van der Waals surface area contributed by atoms with Crippen LogP contribution >= 0.6 is 23.2 Å². The molecule has 126 valence electrons. The van der Waals surface area contributed by atoms with Gasteiger partial charge in [0, 0.05) is 5.02 Å². The second kappa shape index (κ2) is 5.52. The molecule has 0 amide bonds. The van der Waals surface area contributed by atoms with Crippen LogP contribution in [-0.2, 0) is 5.92 Å². The van der Waals surface area contributed by atoms with Crippen LogP contribution in [0.1, 0.15) is 5.89 Å². The first-order valence-electron chi connectivity index (χ1n) is 5.49. The van der Waals surface area contributed by atoms with Crippen molar-refractivity contribution >= 4 is 23.2 Å². The van der Waals surface area contributed by atoms with Crippen molar-refractivity contribution in [2.24, 2.45) is 0 Å². The topological polar surface area (TPSA) is 38.9 Å². The summed E-state index contributed by atoms with van der Waals surface area (Å²) in [5.74, 6) is -15.1. The van der Waals surface area contributed by atoms with Gasteiger partial charge in [-0.2, -0.15) is 30.7 Å². The Balaban J connectivity index is 2.46. The Morgan fingerprint density at radius 2 is 1.52 bits per heavy atom. The first-order chi connectivity index (χ1) is 10.4. The van der Waals surface area contributed by atoms with Crippen LogP contribution in [0.2, 0.25) is 10.0 Å². The smallest absolute Gasteiger partial charge is 0.415 e. The number of hydrogen-bond acceptors (Lipinski definition) is 3. The Bertz CT molecular complexity index is 729. The summed E-state index contributed by atoms with van der Waals surface area (Å²) in [6.07, 6.45) is -6.51. The molecule has 0 radical (unpaired) electrons. The molecule has 0 fully saturated rings. The predicted octanol–water partition coefficient (Wildman–Crippen LogP) is 5.33. The maximum absolute atomic E-state index is 13.4. The molecule has 23 heavy (non-hydrogen) atoms. The minimum Gasteiger partial charge on any atom is -0.415 e. The molecule has 0 bridgehead atoms. The van der Waals surface area contributed by atoms with Gasteiger partial charge in [-0.25, -0.2) is 0 Å². The van der Waals surface area contributed by atoms with Gasteiger partial charge in [0.2, 0.25) is 5.89 Å². The second-order valence-corrected chi connectivity index (χ2v) is 5.03. The van der Waals surface area contributed by atoms with E-state index in [2.05, 4.69) is 14.6 Å². The van der Waals surface area contributed by atoms with Crippen molar-refractivity contribution in [2.75, 3.05) is 0 Å². The molecule has 1 aromatic heterocycles. The van der Waals surface area contributed by atoms with E-state index in [9.17, 15) is 30.7 Å². The molecule has 2 rings (SSSR count). The Kier molecular flexibility index (Phi) is 4.27. The molecule has 0 aliphatic rings. The summed E-state index contributed by atoms with van der Waals surface area (Å²) in [6.45, 7) is 0. The normalized spacial score (nSPS) is 13.4. The summed E-state index contributed by atoms with van der Waals surface area (Å²) in [4.78, 5) is 0. The number of halogens is 9. The highest BCUT2D eigenvalue weighted by molar-refractivity contribution is 6.36. The van der Waals surface area contributed by atoms with Crippen LogP contribution in [0.4, 0.5) is 30.7 Å². The van der Waals surface area contributed by atoms with Crippen molar-refractivity contribution < 1.29 is 35.2 Å². The molecule has 0 unspecified atom stereocenters. The third-order valence-electron chi connectivity index (χ3n) is 2.61. The zero-order valence-corrected chi connectivity index (χ0v) is 11.9. The summed E-state index contributed by atoms with van der Waals surface area (Å²) < 4.78 is 93.1. The lowest BCUT2D eigenvalue weighted by molar-refractivity contribution is -0.364. The largest absolute Gasteiger partial charge is 0.460 e. The molecule has 12 heteroatoms. The van der Waals surface area contributed by atoms with Crippen molar-refractivity contribution in [3.8, 4) is 11.5 Å². The van der Waals surface area contributed by atoms with Crippen molar-refractivity contribution in [3.05, 3.63) is 34.1 Å². The number of alkyl halides is 7. The van der Waals surface area contributed by atoms with Crippen LogP contribution in [0, 0.1) is 0 Å². The molecule has 0 saturated carbocycles. The lowest BCUT2D eigenvalue weighted by Gasteiger charge is -2.25. The fourth-order valence-electron chi connectivity index (χ4n) is 1.43. The molecule has 1 aromatic carbocycles. The van der Waals surface area contributed by atoms with E-state index in [-0.39, 0.29) is 15.6 Å². The van der Waals surface area contributed by atoms with Crippen molar-refractivity contribution in [1.29, 1.82) is 0 Å². The predicted molar refractivity (Wildman–Crippen MR) is 64.7 cm³/mol. The van der Waals surface area contributed by atoms with Gasteiger partial charge in [-0.15, -0.1) is 10.2 Å². The van der Waals surface area contributed by atoms with Crippen molar-refractivity contribution in [3.63, 3.8) is 0 Å². The quantitative estimate of drug-likeness (QED) is 0.673. The molecule has 0 N–H and O–H groups in total. The van der Waals surface area contributed by atoms with E-state index in [0.29, 0.717) is 0 Å². The zero-order valence-electron chi connectivity index (χ0n) is 10.4. The SMILES string of the molecule is FC(F)(F)C(F)(F)C(F)(F)c1nnc(-c2ccc(Cl)cc2Cl)o1. The van der Waals surface area contributed by atoms with Crippen molar-refractivity contribution in [1.82, 2.24) is 10.2 Å². The molecule has 3 nitrogen and oxygen atoms in total. The fraction of sp³-hybridized carbons (Fsp3) is 0.273. The second-order valence-electron chi connectivity index (χ2n) is 4.18. The van der Waals surface area contributed by atoms with Gasteiger partial charge in [0.25, 0.3) is 5.89 Å². The molecule has 0 spiro atoms. The molecule has 0 aliphatic heterocycles. The highest BCUT2D eigenvalue weighted by Gasteiger charge is 2.76. The van der Waals surface area contributed by atoms with Gasteiger partial charge in [-0.1, -0.05) is 23.2 Å². The highest BCUT2D eigenvalue weighted by Crippen LogP contribution is 2.51. The van der Waals surface area contributed by atoms with E-state index in [0.717, 1.165) is 12.1 Å². The summed E-state index contributed by atoms with van der Waals surface area (Å²) in [5, 5.41) is 5.59. The summed E-state index contributed by atoms with van der Waals surface area (Å²) in [7, 11) is 0. The highest BCUT2D eigenvalue weighted by atomic mass is 35.5. The van der Waals surface area contributed by atoms with Gasteiger partial charge in [-0.05, 0) is 18.2 Å². The van der Waals surface area contributed by atoms with Crippen LogP contribution < -0.4 is 0 Å². The lowest BCUT2D eigenvalue weighted by atomic mass is 10.1. The van der Waals surface area contributed by atoms with Crippen LogP contribution in [-0.4, -0.2) is 22.3 Å². The maximum atomic E-state index is 13.4. The minimum atomic E-state index is -6.51. The van der Waals surface area contributed by atoms with Gasteiger partial charge >= 0.3 is 18.0 Å². The van der Waals surface area contributed by atoms with Crippen LogP contribution in [0.15, 0.2) is 22.6 Å². The molecule has 2 aromatic rings. The number of hydrogen-bond donors (Lipinski definition) is 0. The van der Waals surface area contributed by atoms with Gasteiger partial charge in [-0.3, -0.25) is 0 Å². The third kappa shape index (κ3) is 2.97.